The summed E-state index contributed by atoms with van der Waals surface area (Å²) in [7, 11) is -4.10. The minimum Gasteiger partial charge on any atom is -0.393 e. The molecule has 1 saturated carbocycles. The SMILES string of the molecule is Cc1sc(C(=O)c2cncnc2N[C@@H]2C[C@H](COS(N)(=O)=O)[C@@H](O)C2)cc1[C@@H]1OCCc2cnc(Cl)cc21. The van der Waals surface area contributed by atoms with E-state index in [0.29, 0.717) is 35.3 Å². The van der Waals surface area contributed by atoms with Gasteiger partial charge in [-0.3, -0.25) is 8.98 Å². The van der Waals surface area contributed by atoms with Gasteiger partial charge in [0.25, 0.3) is 0 Å². The maximum absolute atomic E-state index is 13.6. The molecule has 202 valence electrons. The number of anilines is 1. The average molecular weight is 580 g/mol. The Morgan fingerprint density at radius 2 is 2.11 bits per heavy atom. The van der Waals surface area contributed by atoms with Crippen molar-refractivity contribution in [3.05, 3.63) is 68.0 Å². The molecule has 3 aromatic heterocycles. The highest BCUT2D eigenvalue weighted by Gasteiger charge is 2.35. The molecule has 0 aromatic carbocycles. The zero-order valence-electron chi connectivity index (χ0n) is 20.3. The van der Waals surface area contributed by atoms with Gasteiger partial charge < -0.3 is 15.2 Å². The van der Waals surface area contributed by atoms with Crippen molar-refractivity contribution in [1.29, 1.82) is 0 Å². The van der Waals surface area contributed by atoms with Crippen molar-refractivity contribution in [2.75, 3.05) is 18.5 Å². The first-order chi connectivity index (χ1) is 18.1. The third kappa shape index (κ3) is 5.88. The van der Waals surface area contributed by atoms with Gasteiger partial charge in [0.1, 0.15) is 23.4 Å². The number of nitrogens with two attached hydrogens (primary N) is 1. The summed E-state index contributed by atoms with van der Waals surface area (Å²) in [6.45, 7) is 2.26. The number of halogens is 1. The second kappa shape index (κ2) is 10.9. The summed E-state index contributed by atoms with van der Waals surface area (Å²) in [6.07, 6.45) is 4.90. The molecule has 11 nitrogen and oxygen atoms in total. The van der Waals surface area contributed by atoms with E-state index in [2.05, 4.69) is 24.5 Å². The fourth-order valence-electron chi connectivity index (χ4n) is 4.95. The van der Waals surface area contributed by atoms with Gasteiger partial charge in [0.15, 0.2) is 0 Å². The standard InChI is InChI=1S/C24H26ClN5O6S2/c1-12-16(23-17-7-21(25)28-8-13(17)2-3-35-23)6-20(37-12)22(32)18-9-27-11-29-24(18)30-15-4-14(19(31)5-15)10-36-38(26,33)34/h6-9,11,14-15,19,23,31H,2-5,10H2,1H3,(H2,26,33,34)(H,27,29,30)/t14-,15-,19+,23+/m1/s1. The van der Waals surface area contributed by atoms with E-state index in [1.807, 2.05) is 19.1 Å². The molecule has 38 heavy (non-hydrogen) atoms. The smallest absolute Gasteiger partial charge is 0.333 e. The summed E-state index contributed by atoms with van der Waals surface area (Å²) in [5.74, 6) is -0.347. The summed E-state index contributed by atoms with van der Waals surface area (Å²) >= 11 is 7.52. The van der Waals surface area contributed by atoms with Gasteiger partial charge in [0.05, 0.1) is 29.8 Å². The molecular formula is C24H26ClN5O6S2. The van der Waals surface area contributed by atoms with Crippen LogP contribution < -0.4 is 10.5 Å². The van der Waals surface area contributed by atoms with Crippen LogP contribution in [0.4, 0.5) is 5.82 Å². The molecule has 5 rings (SSSR count). The van der Waals surface area contributed by atoms with Crippen molar-refractivity contribution in [1.82, 2.24) is 15.0 Å². The number of aromatic nitrogens is 3. The third-order valence-corrected chi connectivity index (χ3v) is 8.53. The number of hydrogen-bond acceptors (Lipinski definition) is 11. The number of ketones is 1. The number of pyridine rings is 1. The van der Waals surface area contributed by atoms with Gasteiger partial charge in [-0.1, -0.05) is 11.6 Å². The number of aliphatic hydroxyl groups excluding tert-OH is 1. The van der Waals surface area contributed by atoms with E-state index in [1.54, 1.807) is 6.20 Å². The second-order valence-corrected chi connectivity index (χ2v) is 12.2. The topological polar surface area (TPSA) is 167 Å². The lowest BCUT2D eigenvalue weighted by Crippen LogP contribution is -2.24. The highest BCUT2D eigenvalue weighted by molar-refractivity contribution is 7.84. The number of carbonyl (C=O) groups is 1. The average Bonchev–Trinajstić information content (AvgIpc) is 3.43. The lowest BCUT2D eigenvalue weighted by Gasteiger charge is -2.26. The summed E-state index contributed by atoms with van der Waals surface area (Å²) in [4.78, 5) is 27.6. The van der Waals surface area contributed by atoms with E-state index in [9.17, 15) is 18.3 Å². The molecule has 1 aliphatic heterocycles. The van der Waals surface area contributed by atoms with Crippen molar-refractivity contribution in [3.8, 4) is 0 Å². The Morgan fingerprint density at radius 1 is 1.29 bits per heavy atom. The zero-order valence-corrected chi connectivity index (χ0v) is 22.7. The van der Waals surface area contributed by atoms with Crippen molar-refractivity contribution in [2.24, 2.45) is 11.1 Å². The number of hydrogen-bond donors (Lipinski definition) is 3. The Bertz CT molecular complexity index is 1470. The molecular weight excluding hydrogens is 554 g/mol. The first-order valence-electron chi connectivity index (χ1n) is 11.9. The van der Waals surface area contributed by atoms with Crippen molar-refractivity contribution in [3.63, 3.8) is 0 Å². The van der Waals surface area contributed by atoms with Crippen LogP contribution >= 0.6 is 22.9 Å². The van der Waals surface area contributed by atoms with Crippen LogP contribution in [0.15, 0.2) is 30.9 Å². The van der Waals surface area contributed by atoms with Gasteiger partial charge in [-0.25, -0.2) is 20.1 Å². The fourth-order valence-corrected chi connectivity index (χ4v) is 6.48. The van der Waals surface area contributed by atoms with E-state index in [1.165, 1.54) is 23.9 Å². The maximum atomic E-state index is 13.6. The van der Waals surface area contributed by atoms with Crippen LogP contribution in [0, 0.1) is 12.8 Å². The minimum absolute atomic E-state index is 0.224. The van der Waals surface area contributed by atoms with Crippen LogP contribution in [0.1, 0.15) is 55.7 Å². The van der Waals surface area contributed by atoms with E-state index >= 15 is 0 Å². The number of ether oxygens (including phenoxy) is 1. The Hall–Kier alpha value is -2.52. The molecule has 14 heteroatoms. The molecule has 4 heterocycles. The van der Waals surface area contributed by atoms with Crippen molar-refractivity contribution >= 4 is 44.8 Å². The first kappa shape index (κ1) is 27.1. The molecule has 0 radical (unpaired) electrons. The Morgan fingerprint density at radius 3 is 2.89 bits per heavy atom. The lowest BCUT2D eigenvalue weighted by molar-refractivity contribution is 0.0695. The molecule has 0 amide bonds. The summed E-state index contributed by atoms with van der Waals surface area (Å²) in [5, 5.41) is 18.9. The number of nitrogens with zero attached hydrogens (tertiary/aromatic N) is 3. The van der Waals surface area contributed by atoms with Crippen LogP contribution in [-0.4, -0.2) is 59.6 Å². The predicted molar refractivity (Wildman–Crippen MR) is 140 cm³/mol. The highest BCUT2D eigenvalue weighted by Crippen LogP contribution is 2.39. The van der Waals surface area contributed by atoms with Gasteiger partial charge in [-0.05, 0) is 55.0 Å². The van der Waals surface area contributed by atoms with Crippen LogP contribution in [0.3, 0.4) is 0 Å². The molecule has 1 aliphatic carbocycles. The molecule has 0 bridgehead atoms. The lowest BCUT2D eigenvalue weighted by atomic mass is 9.94. The highest BCUT2D eigenvalue weighted by atomic mass is 35.5. The normalized spacial score (nSPS) is 23.3. The van der Waals surface area contributed by atoms with E-state index in [4.69, 9.17) is 21.5 Å². The Balaban J connectivity index is 1.35. The molecule has 4 atom stereocenters. The van der Waals surface area contributed by atoms with Gasteiger partial charge in [0, 0.05) is 29.2 Å². The van der Waals surface area contributed by atoms with E-state index in [0.717, 1.165) is 28.0 Å². The summed E-state index contributed by atoms with van der Waals surface area (Å²) in [6, 6.07) is 3.39. The first-order valence-corrected chi connectivity index (χ1v) is 14.6. The number of aryl methyl sites for hydroxylation is 1. The molecule has 0 unspecified atom stereocenters. The number of fused-ring (bicyclic) bond motifs is 1. The molecule has 4 N–H and O–H groups in total. The largest absolute Gasteiger partial charge is 0.393 e. The minimum atomic E-state index is -4.10. The zero-order chi connectivity index (χ0) is 27.0. The number of thiophene rings is 1. The quantitative estimate of drug-likeness (QED) is 0.266. The van der Waals surface area contributed by atoms with Gasteiger partial charge >= 0.3 is 10.3 Å². The van der Waals surface area contributed by atoms with Crippen LogP contribution in [-0.2, 0) is 25.6 Å². The van der Waals surface area contributed by atoms with Gasteiger partial charge in [-0.2, -0.15) is 8.42 Å². The van der Waals surface area contributed by atoms with Crippen molar-refractivity contribution < 1.29 is 27.2 Å². The summed E-state index contributed by atoms with van der Waals surface area (Å²) < 4.78 is 33.0. The molecule has 3 aromatic rings. The van der Waals surface area contributed by atoms with Gasteiger partial charge in [-0.15, -0.1) is 11.3 Å². The number of rotatable bonds is 8. The van der Waals surface area contributed by atoms with Crippen LogP contribution in [0.25, 0.3) is 0 Å². The Kier molecular flexibility index (Phi) is 7.78. The maximum Gasteiger partial charge on any atom is 0.333 e. The number of aliphatic hydroxyl groups is 1. The molecule has 2 aliphatic rings. The van der Waals surface area contributed by atoms with Crippen LogP contribution in [0.2, 0.25) is 5.15 Å². The second-order valence-electron chi connectivity index (χ2n) is 9.36. The summed E-state index contributed by atoms with van der Waals surface area (Å²) in [5.41, 5.74) is 3.20. The monoisotopic (exact) mass is 579 g/mol. The Labute approximate surface area is 228 Å². The van der Waals surface area contributed by atoms with Crippen LogP contribution in [0.5, 0.6) is 0 Å². The fraction of sp³-hybridized carbons (Fsp3) is 0.417. The third-order valence-electron chi connectivity index (χ3n) is 6.79. The van der Waals surface area contributed by atoms with E-state index < -0.39 is 22.3 Å². The van der Waals surface area contributed by atoms with Crippen molar-refractivity contribution in [2.45, 2.75) is 44.4 Å². The molecule has 0 spiro atoms. The molecule has 1 fully saturated rings. The van der Waals surface area contributed by atoms with E-state index in [-0.39, 0.29) is 30.1 Å². The number of nitrogens with one attached hydrogen (secondary N) is 1. The predicted octanol–water partition coefficient (Wildman–Crippen LogP) is 2.56. The molecule has 0 saturated heterocycles. The van der Waals surface area contributed by atoms with Gasteiger partial charge in [0.2, 0.25) is 5.78 Å². The number of carbonyl (C=O) groups excluding carboxylic acids is 1.